The van der Waals surface area contributed by atoms with Gasteiger partial charge < -0.3 is 10.2 Å². The highest BCUT2D eigenvalue weighted by molar-refractivity contribution is 5.92. The SMILES string of the molecule is O=C(CC1(F)CC1)Nc1c(F)cc2c(c1F)CCCN2Cc1ccc(F)cc1. The Labute approximate surface area is 160 Å². The number of alkyl halides is 1. The Bertz CT molecular complexity index is 910. The third-order valence-electron chi connectivity index (χ3n) is 5.31. The number of nitrogens with zero attached hydrogens (tertiary/aromatic N) is 1. The summed E-state index contributed by atoms with van der Waals surface area (Å²) in [7, 11) is 0. The van der Waals surface area contributed by atoms with Crippen LogP contribution in [0, 0.1) is 17.5 Å². The van der Waals surface area contributed by atoms with Gasteiger partial charge in [-0.2, -0.15) is 0 Å². The van der Waals surface area contributed by atoms with Crippen molar-refractivity contribution in [1.82, 2.24) is 0 Å². The second-order valence-corrected chi connectivity index (χ2v) is 7.57. The lowest BCUT2D eigenvalue weighted by molar-refractivity contribution is -0.117. The van der Waals surface area contributed by atoms with Gasteiger partial charge in [0.2, 0.25) is 5.91 Å². The van der Waals surface area contributed by atoms with Gasteiger partial charge in [0, 0.05) is 24.3 Å². The Morgan fingerprint density at radius 2 is 1.86 bits per heavy atom. The predicted octanol–water partition coefficient (Wildman–Crippen LogP) is 4.89. The summed E-state index contributed by atoms with van der Waals surface area (Å²) in [5.74, 6) is -2.77. The number of halogens is 4. The van der Waals surface area contributed by atoms with Crippen LogP contribution in [0.25, 0.3) is 0 Å². The zero-order valence-electron chi connectivity index (χ0n) is 15.2. The number of carbonyl (C=O) groups excluding carboxylic acids is 1. The molecule has 1 fully saturated rings. The first-order valence-electron chi connectivity index (χ1n) is 9.34. The lowest BCUT2D eigenvalue weighted by atomic mass is 9.99. The van der Waals surface area contributed by atoms with Crippen LogP contribution in [0.3, 0.4) is 0 Å². The molecule has 0 saturated heterocycles. The number of fused-ring (bicyclic) bond motifs is 1. The van der Waals surface area contributed by atoms with Crippen LogP contribution >= 0.6 is 0 Å². The molecule has 0 bridgehead atoms. The summed E-state index contributed by atoms with van der Waals surface area (Å²) in [6.07, 6.45) is 1.29. The molecule has 7 heteroatoms. The molecular formula is C21H20F4N2O. The third kappa shape index (κ3) is 3.84. The first-order chi connectivity index (χ1) is 13.3. The van der Waals surface area contributed by atoms with Crippen molar-refractivity contribution in [2.24, 2.45) is 0 Å². The van der Waals surface area contributed by atoms with Gasteiger partial charge in [0.25, 0.3) is 0 Å². The smallest absolute Gasteiger partial charge is 0.227 e. The number of rotatable bonds is 5. The van der Waals surface area contributed by atoms with Crippen LogP contribution in [0.1, 0.15) is 36.8 Å². The molecule has 2 aromatic rings. The monoisotopic (exact) mass is 392 g/mol. The number of hydrogen-bond acceptors (Lipinski definition) is 2. The zero-order chi connectivity index (χ0) is 19.9. The van der Waals surface area contributed by atoms with Crippen molar-refractivity contribution >= 4 is 17.3 Å². The minimum absolute atomic E-state index is 0.300. The van der Waals surface area contributed by atoms with Crippen LogP contribution in [0.15, 0.2) is 30.3 Å². The fourth-order valence-electron chi connectivity index (χ4n) is 3.61. The summed E-state index contributed by atoms with van der Waals surface area (Å²) in [5.41, 5.74) is -0.474. The van der Waals surface area contributed by atoms with E-state index in [0.29, 0.717) is 50.0 Å². The molecule has 1 heterocycles. The van der Waals surface area contributed by atoms with Crippen LogP contribution in [0.2, 0.25) is 0 Å². The average molecular weight is 392 g/mol. The van der Waals surface area contributed by atoms with Crippen molar-refractivity contribution < 1.29 is 22.4 Å². The molecule has 1 aliphatic carbocycles. The third-order valence-corrected chi connectivity index (χ3v) is 5.31. The average Bonchev–Trinajstić information content (AvgIpc) is 3.38. The molecule has 3 nitrogen and oxygen atoms in total. The van der Waals surface area contributed by atoms with E-state index in [2.05, 4.69) is 5.32 Å². The zero-order valence-corrected chi connectivity index (χ0v) is 15.2. The number of amides is 1. The molecule has 2 aliphatic rings. The maximum atomic E-state index is 15.0. The number of anilines is 2. The van der Waals surface area contributed by atoms with Crippen LogP contribution in [0.5, 0.6) is 0 Å². The summed E-state index contributed by atoms with van der Waals surface area (Å²) in [5, 5.41) is 2.21. The van der Waals surface area contributed by atoms with Crippen LogP contribution in [-0.2, 0) is 17.8 Å². The molecule has 0 atom stereocenters. The van der Waals surface area contributed by atoms with Gasteiger partial charge in [0.05, 0.1) is 6.42 Å². The minimum atomic E-state index is -1.53. The van der Waals surface area contributed by atoms with Gasteiger partial charge in [-0.1, -0.05) is 12.1 Å². The Morgan fingerprint density at radius 3 is 2.54 bits per heavy atom. The molecule has 0 aromatic heterocycles. The highest BCUT2D eigenvalue weighted by Gasteiger charge is 2.45. The maximum absolute atomic E-state index is 15.0. The summed E-state index contributed by atoms with van der Waals surface area (Å²) in [4.78, 5) is 13.8. The molecule has 0 spiro atoms. The second-order valence-electron chi connectivity index (χ2n) is 7.57. The summed E-state index contributed by atoms with van der Waals surface area (Å²) < 4.78 is 56.4. The first kappa shape index (κ1) is 18.8. The van der Waals surface area contributed by atoms with E-state index in [1.54, 1.807) is 12.1 Å². The van der Waals surface area contributed by atoms with Crippen molar-refractivity contribution in [3.63, 3.8) is 0 Å². The molecule has 148 valence electrons. The Kier molecular flexibility index (Phi) is 4.77. The quantitative estimate of drug-likeness (QED) is 0.735. The molecule has 1 N–H and O–H groups in total. The van der Waals surface area contributed by atoms with Gasteiger partial charge in [-0.25, -0.2) is 17.6 Å². The number of carbonyl (C=O) groups is 1. The molecule has 1 aliphatic heterocycles. The summed E-state index contributed by atoms with van der Waals surface area (Å²) in [6, 6.07) is 7.17. The van der Waals surface area contributed by atoms with E-state index >= 15 is 0 Å². The molecule has 0 radical (unpaired) electrons. The largest absolute Gasteiger partial charge is 0.367 e. The number of hydrogen-bond donors (Lipinski definition) is 1. The predicted molar refractivity (Wildman–Crippen MR) is 98.4 cm³/mol. The van der Waals surface area contributed by atoms with Crippen molar-refractivity contribution in [2.75, 3.05) is 16.8 Å². The van der Waals surface area contributed by atoms with Gasteiger partial charge in [0.1, 0.15) is 17.2 Å². The van der Waals surface area contributed by atoms with Crippen LogP contribution < -0.4 is 10.2 Å². The van der Waals surface area contributed by atoms with E-state index in [4.69, 9.17) is 0 Å². The lowest BCUT2D eigenvalue weighted by Crippen LogP contribution is -2.30. The van der Waals surface area contributed by atoms with E-state index in [-0.39, 0.29) is 12.2 Å². The molecule has 28 heavy (non-hydrogen) atoms. The van der Waals surface area contributed by atoms with E-state index in [1.165, 1.54) is 18.2 Å². The maximum Gasteiger partial charge on any atom is 0.227 e. The molecule has 4 rings (SSSR count). The van der Waals surface area contributed by atoms with E-state index < -0.39 is 28.9 Å². The summed E-state index contributed by atoms with van der Waals surface area (Å²) in [6.45, 7) is 1.00. The normalized spacial score (nSPS) is 17.2. The highest BCUT2D eigenvalue weighted by atomic mass is 19.1. The Morgan fingerprint density at radius 1 is 1.14 bits per heavy atom. The van der Waals surface area contributed by atoms with Crippen molar-refractivity contribution in [2.45, 2.75) is 44.3 Å². The van der Waals surface area contributed by atoms with Gasteiger partial charge in [0.15, 0.2) is 11.6 Å². The van der Waals surface area contributed by atoms with Crippen LogP contribution in [0.4, 0.5) is 28.9 Å². The fourth-order valence-corrected chi connectivity index (χ4v) is 3.61. The van der Waals surface area contributed by atoms with E-state index in [9.17, 15) is 22.4 Å². The molecule has 0 unspecified atom stereocenters. The number of benzene rings is 2. The van der Waals surface area contributed by atoms with Gasteiger partial charge in [-0.15, -0.1) is 0 Å². The van der Waals surface area contributed by atoms with Gasteiger partial charge in [-0.3, -0.25) is 4.79 Å². The minimum Gasteiger partial charge on any atom is -0.367 e. The standard InChI is InChI=1S/C21H20F4N2O/c22-14-5-3-13(4-6-14)12-27-9-1-2-15-17(27)10-16(23)20(19(15)24)26-18(28)11-21(25)7-8-21/h3-6,10H,1-2,7-9,11-12H2,(H,26,28). The summed E-state index contributed by atoms with van der Waals surface area (Å²) >= 11 is 0. The molecular weight excluding hydrogens is 372 g/mol. The van der Waals surface area contributed by atoms with E-state index in [1.807, 2.05) is 4.90 Å². The Balaban J connectivity index is 1.58. The molecule has 2 aromatic carbocycles. The molecule has 1 saturated carbocycles. The fraction of sp³-hybridized carbons (Fsp3) is 0.381. The highest BCUT2D eigenvalue weighted by Crippen LogP contribution is 2.43. The molecule has 1 amide bonds. The lowest BCUT2D eigenvalue weighted by Gasteiger charge is -2.32. The van der Waals surface area contributed by atoms with Gasteiger partial charge >= 0.3 is 0 Å². The van der Waals surface area contributed by atoms with Crippen molar-refractivity contribution in [1.29, 1.82) is 0 Å². The van der Waals surface area contributed by atoms with Gasteiger partial charge in [-0.05, 0) is 49.4 Å². The van der Waals surface area contributed by atoms with Crippen molar-refractivity contribution in [3.8, 4) is 0 Å². The Hall–Kier alpha value is -2.57. The second kappa shape index (κ2) is 7.11. The van der Waals surface area contributed by atoms with E-state index in [0.717, 1.165) is 5.56 Å². The first-order valence-corrected chi connectivity index (χ1v) is 9.34. The number of nitrogens with one attached hydrogen (secondary N) is 1. The topological polar surface area (TPSA) is 32.3 Å². The van der Waals surface area contributed by atoms with Crippen molar-refractivity contribution in [3.05, 3.63) is 58.9 Å². The van der Waals surface area contributed by atoms with Crippen LogP contribution in [-0.4, -0.2) is 18.1 Å².